The van der Waals surface area contributed by atoms with Crippen molar-refractivity contribution in [3.05, 3.63) is 109 Å². The fraction of sp³-hybridized carbons (Fsp3) is 0.278. The molecule has 2 bridgehead atoms. The zero-order valence-corrected chi connectivity index (χ0v) is 30.1. The molecule has 2 N–H and O–H groups in total. The van der Waals surface area contributed by atoms with Crippen LogP contribution >= 0.6 is 0 Å². The zero-order chi connectivity index (χ0) is 40.4. The van der Waals surface area contributed by atoms with Crippen LogP contribution in [0.1, 0.15) is 49.0 Å². The normalized spacial score (nSPS) is 18.0. The molecular formula is C36H29F3N8O8S. The molecule has 2 saturated heterocycles. The van der Waals surface area contributed by atoms with E-state index in [9.17, 15) is 43.8 Å². The lowest BCUT2D eigenvalue weighted by Crippen LogP contribution is -2.45. The van der Waals surface area contributed by atoms with Gasteiger partial charge in [-0.25, -0.2) is 31.0 Å². The average molecular weight is 791 g/mol. The third kappa shape index (κ3) is 6.69. The lowest BCUT2D eigenvalue weighted by atomic mass is 9.91. The molecule has 7 rings (SSSR count). The van der Waals surface area contributed by atoms with Gasteiger partial charge in [-0.2, -0.15) is 5.26 Å². The Hall–Kier alpha value is -6.30. The van der Waals surface area contributed by atoms with E-state index in [0.29, 0.717) is 18.9 Å². The summed E-state index contributed by atoms with van der Waals surface area (Å²) in [5.41, 5.74) is -3.72. The number of aliphatic hydroxyl groups is 1. The highest BCUT2D eigenvalue weighted by molar-refractivity contribution is 7.89. The molecule has 288 valence electrons. The third-order valence-electron chi connectivity index (χ3n) is 9.89. The molecule has 56 heavy (non-hydrogen) atoms. The first kappa shape index (κ1) is 38.0. The number of carbonyl (C=O) groups is 1. The minimum atomic E-state index is -4.62. The maximum absolute atomic E-state index is 16.0. The summed E-state index contributed by atoms with van der Waals surface area (Å²) in [6.07, 6.45) is 0.994. The molecule has 1 amide bonds. The quantitative estimate of drug-likeness (QED) is 0.135. The summed E-state index contributed by atoms with van der Waals surface area (Å²) in [6.45, 7) is 2.71. The molecule has 2 aliphatic rings. The van der Waals surface area contributed by atoms with Gasteiger partial charge in [0.2, 0.25) is 10.0 Å². The molecular weight excluding hydrogens is 762 g/mol. The maximum atomic E-state index is 16.0. The van der Waals surface area contributed by atoms with E-state index in [-0.39, 0.29) is 57.4 Å². The van der Waals surface area contributed by atoms with Crippen molar-refractivity contribution in [3.8, 4) is 28.3 Å². The molecule has 0 unspecified atom stereocenters. The Kier molecular flexibility index (Phi) is 9.34. The van der Waals surface area contributed by atoms with E-state index in [0.717, 1.165) is 22.9 Å². The Labute approximate surface area is 315 Å². The molecule has 0 saturated carbocycles. The number of nitrogens with zero attached hydrogens (tertiary/aromatic N) is 7. The van der Waals surface area contributed by atoms with E-state index in [1.165, 1.54) is 55.1 Å². The van der Waals surface area contributed by atoms with Crippen molar-refractivity contribution in [3.63, 3.8) is 0 Å². The fourth-order valence-electron chi connectivity index (χ4n) is 7.50. The maximum Gasteiger partial charge on any atom is 0.296 e. The van der Waals surface area contributed by atoms with E-state index >= 15 is 13.2 Å². The van der Waals surface area contributed by atoms with Crippen LogP contribution in [0.4, 0.5) is 24.5 Å². The third-order valence-corrected chi connectivity index (χ3v) is 11.4. The van der Waals surface area contributed by atoms with Gasteiger partial charge in [0.05, 0.1) is 33.6 Å². The number of sulfonamides is 1. The number of fused-ring (bicyclic) bond motifs is 3. The largest absolute Gasteiger partial charge is 0.389 e. The molecule has 0 spiro atoms. The van der Waals surface area contributed by atoms with Crippen LogP contribution in [0.5, 0.6) is 0 Å². The summed E-state index contributed by atoms with van der Waals surface area (Å²) in [6, 6.07) is 10.7. The van der Waals surface area contributed by atoms with E-state index in [1.54, 1.807) is 6.07 Å². The SMILES string of the molecule is CC(C)(O)Cn1nnc2cc(-c3ccc(C(=O)N4[C@H]5CC[C@@H]4[C@H](NS(=O)(=O)c4ccc([N+](=O)[O-])cc4[N+](=O)[O-])C5)cc3-c3ccc(C#N)c(F)c3)c(F)c(F)c21. The van der Waals surface area contributed by atoms with Crippen molar-refractivity contribution in [2.24, 2.45) is 0 Å². The Morgan fingerprint density at radius 2 is 1.75 bits per heavy atom. The fourth-order valence-corrected chi connectivity index (χ4v) is 8.94. The summed E-state index contributed by atoms with van der Waals surface area (Å²) in [5, 5.41) is 50.3. The number of hydrogen-bond donors (Lipinski definition) is 2. The molecule has 20 heteroatoms. The lowest BCUT2D eigenvalue weighted by Gasteiger charge is -2.25. The van der Waals surface area contributed by atoms with Gasteiger partial charge in [0, 0.05) is 35.3 Å². The van der Waals surface area contributed by atoms with Gasteiger partial charge in [0.25, 0.3) is 17.3 Å². The molecule has 1 aromatic heterocycles. The Morgan fingerprint density at radius 1 is 1.00 bits per heavy atom. The molecule has 2 fully saturated rings. The second-order valence-corrected chi connectivity index (χ2v) is 15.9. The highest BCUT2D eigenvalue weighted by atomic mass is 32.2. The van der Waals surface area contributed by atoms with Crippen molar-refractivity contribution < 1.29 is 41.3 Å². The summed E-state index contributed by atoms with van der Waals surface area (Å²) in [5.74, 6) is -4.11. The predicted molar refractivity (Wildman–Crippen MR) is 191 cm³/mol. The first-order valence-corrected chi connectivity index (χ1v) is 18.4. The number of non-ortho nitro benzene ring substituents is 1. The molecule has 4 aromatic carbocycles. The van der Waals surface area contributed by atoms with E-state index in [1.807, 2.05) is 0 Å². The van der Waals surface area contributed by atoms with Crippen LogP contribution in [-0.4, -0.2) is 72.9 Å². The standard InChI is InChI=1S/C36H29F3N8O8S/c1-36(2,49)17-44-34-28(41-43-44)15-25(32(38)33(34)39)23-8-5-19(11-24(23)18-3-4-20(16-40)26(37)12-18)35(48)45-21-6-9-29(45)27(13-21)42-56(54,55)31-10-7-22(46(50)51)14-30(31)47(52)53/h3-5,7-8,10-12,14-15,21,27,29,42,49H,6,9,13,17H2,1-2H3/t21-,27+,29+/m0/s1. The number of benzene rings is 4. The first-order valence-electron chi connectivity index (χ1n) is 16.9. The van der Waals surface area contributed by atoms with Crippen LogP contribution in [0.25, 0.3) is 33.3 Å². The van der Waals surface area contributed by atoms with Gasteiger partial charge in [0.1, 0.15) is 22.9 Å². The number of amides is 1. The Morgan fingerprint density at radius 3 is 2.41 bits per heavy atom. The highest BCUT2D eigenvalue weighted by Gasteiger charge is 2.50. The van der Waals surface area contributed by atoms with Crippen LogP contribution in [0.3, 0.4) is 0 Å². The van der Waals surface area contributed by atoms with Crippen molar-refractivity contribution in [2.75, 3.05) is 0 Å². The minimum Gasteiger partial charge on any atom is -0.389 e. The van der Waals surface area contributed by atoms with E-state index < -0.39 is 83.2 Å². The second kappa shape index (κ2) is 13.8. The van der Waals surface area contributed by atoms with Crippen LogP contribution in [0.15, 0.2) is 65.6 Å². The van der Waals surface area contributed by atoms with Crippen LogP contribution < -0.4 is 4.72 Å². The van der Waals surface area contributed by atoms with Crippen molar-refractivity contribution in [1.29, 1.82) is 5.26 Å². The van der Waals surface area contributed by atoms with Gasteiger partial charge < -0.3 is 10.0 Å². The Bertz CT molecular complexity index is 2660. The average Bonchev–Trinajstić information content (AvgIpc) is 3.84. The lowest BCUT2D eigenvalue weighted by molar-refractivity contribution is -0.396. The zero-order valence-electron chi connectivity index (χ0n) is 29.3. The van der Waals surface area contributed by atoms with Gasteiger partial charge in [-0.1, -0.05) is 17.3 Å². The smallest absolute Gasteiger partial charge is 0.296 e. The van der Waals surface area contributed by atoms with Gasteiger partial charge in [-0.05, 0) is 86.2 Å². The number of hydrogen-bond acceptors (Lipinski definition) is 11. The summed E-state index contributed by atoms with van der Waals surface area (Å²) >= 11 is 0. The monoisotopic (exact) mass is 790 g/mol. The molecule has 3 heterocycles. The molecule has 0 aliphatic carbocycles. The predicted octanol–water partition coefficient (Wildman–Crippen LogP) is 5.37. The van der Waals surface area contributed by atoms with Gasteiger partial charge >= 0.3 is 0 Å². The number of nitro groups is 2. The minimum absolute atomic E-state index is 0.0259. The van der Waals surface area contributed by atoms with Gasteiger partial charge in [-0.3, -0.25) is 25.0 Å². The van der Waals surface area contributed by atoms with Gasteiger partial charge in [-0.15, -0.1) is 5.10 Å². The molecule has 0 radical (unpaired) electrons. The molecule has 2 aliphatic heterocycles. The summed E-state index contributed by atoms with van der Waals surface area (Å²) in [7, 11) is -4.62. The van der Waals surface area contributed by atoms with Crippen LogP contribution in [0.2, 0.25) is 0 Å². The van der Waals surface area contributed by atoms with Crippen LogP contribution in [-0.2, 0) is 16.6 Å². The van der Waals surface area contributed by atoms with Gasteiger partial charge in [0.15, 0.2) is 16.5 Å². The second-order valence-electron chi connectivity index (χ2n) is 14.2. The van der Waals surface area contributed by atoms with Crippen molar-refractivity contribution in [1.82, 2.24) is 24.6 Å². The number of nitro benzene ring substituents is 2. The molecule has 5 aromatic rings. The van der Waals surface area contributed by atoms with E-state index in [4.69, 9.17) is 0 Å². The number of nitrogens with one attached hydrogen (secondary N) is 1. The number of rotatable bonds is 10. The first-order chi connectivity index (χ1) is 26.4. The van der Waals surface area contributed by atoms with Crippen molar-refractivity contribution in [2.45, 2.75) is 68.3 Å². The molecule has 3 atom stereocenters. The number of nitriles is 1. The number of carbonyl (C=O) groups excluding carboxylic acids is 1. The number of halogens is 3. The summed E-state index contributed by atoms with van der Waals surface area (Å²) in [4.78, 5) is 35.9. The topological polar surface area (TPSA) is 227 Å². The number of aromatic nitrogens is 3. The summed E-state index contributed by atoms with van der Waals surface area (Å²) < 4.78 is 77.1. The van der Waals surface area contributed by atoms with E-state index in [2.05, 4.69) is 15.0 Å². The van der Waals surface area contributed by atoms with Crippen molar-refractivity contribution >= 4 is 38.3 Å². The highest BCUT2D eigenvalue weighted by Crippen LogP contribution is 2.42. The molecule has 16 nitrogen and oxygen atoms in total. The van der Waals surface area contributed by atoms with Crippen LogP contribution in [0, 0.1) is 49.0 Å². The Balaban J connectivity index is 1.25.